The van der Waals surface area contributed by atoms with Gasteiger partial charge in [0.15, 0.2) is 5.76 Å². The molecule has 5 nitrogen and oxygen atoms in total. The summed E-state index contributed by atoms with van der Waals surface area (Å²) in [5.74, 6) is 0.309. The van der Waals surface area contributed by atoms with E-state index in [1.807, 2.05) is 6.92 Å². The van der Waals surface area contributed by atoms with Crippen LogP contribution in [0.1, 0.15) is 43.7 Å². The summed E-state index contributed by atoms with van der Waals surface area (Å²) >= 11 is 0. The number of nitrogens with zero attached hydrogens (tertiary/aromatic N) is 1. The summed E-state index contributed by atoms with van der Waals surface area (Å²) in [5, 5.41) is 0. The molecule has 2 rings (SSSR count). The van der Waals surface area contributed by atoms with Gasteiger partial charge >= 0.3 is 5.97 Å². The predicted octanol–water partition coefficient (Wildman–Crippen LogP) is 2.72. The molecule has 1 fully saturated rings. The van der Waals surface area contributed by atoms with Crippen LogP contribution >= 0.6 is 0 Å². The third-order valence-corrected chi connectivity index (χ3v) is 3.77. The van der Waals surface area contributed by atoms with Crippen LogP contribution in [0, 0.1) is 11.8 Å². The van der Waals surface area contributed by atoms with Gasteiger partial charge in [-0.1, -0.05) is 13.3 Å². The molecule has 0 N–H and O–H groups in total. The standard InChI is InChI=1S/C16H23NO4/c1-3-5-8-17(15(18)14-7-6-9-21-14)11-12-10-13(12)16(19)20-4-2/h6-7,9,12-13H,3-5,8,10-11H2,1-2H3. The smallest absolute Gasteiger partial charge is 0.309 e. The van der Waals surface area contributed by atoms with Crippen molar-refractivity contribution in [2.24, 2.45) is 11.8 Å². The van der Waals surface area contributed by atoms with Crippen LogP contribution in [0.4, 0.5) is 0 Å². The first-order chi connectivity index (χ1) is 10.2. The molecule has 1 aliphatic rings. The van der Waals surface area contributed by atoms with Crippen LogP contribution in [-0.2, 0) is 9.53 Å². The third kappa shape index (κ3) is 4.09. The van der Waals surface area contributed by atoms with Gasteiger partial charge in [0.2, 0.25) is 0 Å². The Morgan fingerprint density at radius 1 is 1.43 bits per heavy atom. The van der Waals surface area contributed by atoms with E-state index < -0.39 is 0 Å². The van der Waals surface area contributed by atoms with E-state index in [-0.39, 0.29) is 23.7 Å². The van der Waals surface area contributed by atoms with Crippen molar-refractivity contribution in [3.8, 4) is 0 Å². The molecule has 1 aliphatic carbocycles. The van der Waals surface area contributed by atoms with Crippen LogP contribution in [0.25, 0.3) is 0 Å². The molecular formula is C16H23NO4. The molecule has 21 heavy (non-hydrogen) atoms. The SMILES string of the molecule is CCCCN(CC1CC1C(=O)OCC)C(=O)c1ccco1. The van der Waals surface area contributed by atoms with E-state index in [0.29, 0.717) is 25.5 Å². The number of hydrogen-bond donors (Lipinski definition) is 0. The molecule has 2 unspecified atom stereocenters. The zero-order valence-electron chi connectivity index (χ0n) is 12.7. The van der Waals surface area contributed by atoms with Crippen LogP contribution < -0.4 is 0 Å². The highest BCUT2D eigenvalue weighted by Gasteiger charge is 2.45. The average molecular weight is 293 g/mol. The zero-order chi connectivity index (χ0) is 15.2. The Hall–Kier alpha value is -1.78. The van der Waals surface area contributed by atoms with Crippen molar-refractivity contribution in [3.63, 3.8) is 0 Å². The summed E-state index contributed by atoms with van der Waals surface area (Å²) in [5.41, 5.74) is 0. The fraction of sp³-hybridized carbons (Fsp3) is 0.625. The Bertz CT molecular complexity index is 469. The molecule has 0 saturated heterocycles. The van der Waals surface area contributed by atoms with Crippen molar-refractivity contribution in [3.05, 3.63) is 24.2 Å². The molecule has 1 aromatic heterocycles. The molecule has 5 heteroatoms. The van der Waals surface area contributed by atoms with Gasteiger partial charge in [-0.3, -0.25) is 9.59 Å². The highest BCUT2D eigenvalue weighted by molar-refractivity contribution is 5.91. The van der Waals surface area contributed by atoms with Gasteiger partial charge in [-0.15, -0.1) is 0 Å². The number of rotatable bonds is 8. The van der Waals surface area contributed by atoms with E-state index in [1.165, 1.54) is 6.26 Å². The summed E-state index contributed by atoms with van der Waals surface area (Å²) in [4.78, 5) is 25.9. The maximum absolute atomic E-state index is 12.4. The minimum atomic E-state index is -0.136. The fourth-order valence-electron chi connectivity index (χ4n) is 2.45. The summed E-state index contributed by atoms with van der Waals surface area (Å²) in [6.45, 7) is 5.61. The summed E-state index contributed by atoms with van der Waals surface area (Å²) < 4.78 is 10.2. The minimum absolute atomic E-state index is 0.0431. The zero-order valence-corrected chi connectivity index (χ0v) is 12.7. The molecular weight excluding hydrogens is 270 g/mol. The Kier molecular flexibility index (Phi) is 5.42. The second kappa shape index (κ2) is 7.29. The van der Waals surface area contributed by atoms with E-state index in [9.17, 15) is 9.59 Å². The molecule has 0 aromatic carbocycles. The van der Waals surface area contributed by atoms with Gasteiger partial charge < -0.3 is 14.1 Å². The molecule has 0 aliphatic heterocycles. The lowest BCUT2D eigenvalue weighted by atomic mass is 10.2. The lowest BCUT2D eigenvalue weighted by Crippen LogP contribution is -2.34. The van der Waals surface area contributed by atoms with Gasteiger partial charge in [-0.25, -0.2) is 0 Å². The molecule has 1 amide bonds. The first kappa shape index (κ1) is 15.6. The summed E-state index contributed by atoms with van der Waals surface area (Å²) in [7, 11) is 0. The van der Waals surface area contributed by atoms with Crippen LogP contribution in [0.3, 0.4) is 0 Å². The van der Waals surface area contributed by atoms with Crippen LogP contribution in [0.2, 0.25) is 0 Å². The largest absolute Gasteiger partial charge is 0.466 e. The van der Waals surface area contributed by atoms with Crippen molar-refractivity contribution >= 4 is 11.9 Å². The Balaban J connectivity index is 1.92. The quantitative estimate of drug-likeness (QED) is 0.691. The van der Waals surface area contributed by atoms with Gasteiger partial charge in [0, 0.05) is 13.1 Å². The molecule has 2 atom stereocenters. The number of unbranched alkanes of at least 4 members (excludes halogenated alkanes) is 1. The van der Waals surface area contributed by atoms with E-state index in [4.69, 9.17) is 9.15 Å². The van der Waals surface area contributed by atoms with Crippen molar-refractivity contribution in [1.29, 1.82) is 0 Å². The number of furan rings is 1. The lowest BCUT2D eigenvalue weighted by Gasteiger charge is -2.21. The third-order valence-electron chi connectivity index (χ3n) is 3.77. The number of carbonyl (C=O) groups excluding carboxylic acids is 2. The normalized spacial score (nSPS) is 20.1. The topological polar surface area (TPSA) is 59.8 Å². The van der Waals surface area contributed by atoms with Gasteiger partial charge in [0.1, 0.15) is 0 Å². The van der Waals surface area contributed by atoms with Crippen molar-refractivity contribution in [2.75, 3.05) is 19.7 Å². The highest BCUT2D eigenvalue weighted by atomic mass is 16.5. The number of amides is 1. The van der Waals surface area contributed by atoms with Crippen molar-refractivity contribution in [2.45, 2.75) is 33.1 Å². The monoisotopic (exact) mass is 293 g/mol. The van der Waals surface area contributed by atoms with Gasteiger partial charge in [0.05, 0.1) is 18.8 Å². The van der Waals surface area contributed by atoms with E-state index in [1.54, 1.807) is 17.0 Å². The molecule has 0 bridgehead atoms. The average Bonchev–Trinajstić information content (AvgIpc) is 3.03. The van der Waals surface area contributed by atoms with Gasteiger partial charge in [0.25, 0.3) is 5.91 Å². The number of hydrogen-bond acceptors (Lipinski definition) is 4. The fourth-order valence-corrected chi connectivity index (χ4v) is 2.45. The Labute approximate surface area is 125 Å². The number of esters is 1. The van der Waals surface area contributed by atoms with E-state index in [0.717, 1.165) is 19.3 Å². The Morgan fingerprint density at radius 3 is 2.86 bits per heavy atom. The molecule has 0 radical (unpaired) electrons. The Morgan fingerprint density at radius 2 is 2.24 bits per heavy atom. The van der Waals surface area contributed by atoms with Crippen LogP contribution in [-0.4, -0.2) is 36.5 Å². The molecule has 0 spiro atoms. The van der Waals surface area contributed by atoms with Gasteiger partial charge in [-0.2, -0.15) is 0 Å². The second-order valence-electron chi connectivity index (χ2n) is 5.44. The maximum Gasteiger partial charge on any atom is 0.309 e. The van der Waals surface area contributed by atoms with E-state index >= 15 is 0 Å². The minimum Gasteiger partial charge on any atom is -0.466 e. The first-order valence-electron chi connectivity index (χ1n) is 7.66. The molecule has 1 saturated carbocycles. The van der Waals surface area contributed by atoms with Gasteiger partial charge in [-0.05, 0) is 37.8 Å². The predicted molar refractivity (Wildman–Crippen MR) is 77.7 cm³/mol. The number of ether oxygens (including phenoxy) is 1. The highest BCUT2D eigenvalue weighted by Crippen LogP contribution is 2.40. The van der Waals surface area contributed by atoms with E-state index in [2.05, 4.69) is 6.92 Å². The van der Waals surface area contributed by atoms with Crippen molar-refractivity contribution in [1.82, 2.24) is 4.90 Å². The maximum atomic E-state index is 12.4. The lowest BCUT2D eigenvalue weighted by molar-refractivity contribution is -0.145. The van der Waals surface area contributed by atoms with Crippen LogP contribution in [0.5, 0.6) is 0 Å². The first-order valence-corrected chi connectivity index (χ1v) is 7.66. The number of carbonyl (C=O) groups is 2. The van der Waals surface area contributed by atoms with Crippen molar-refractivity contribution < 1.29 is 18.7 Å². The molecule has 1 heterocycles. The second-order valence-corrected chi connectivity index (χ2v) is 5.44. The van der Waals surface area contributed by atoms with Crippen LogP contribution in [0.15, 0.2) is 22.8 Å². The molecule has 116 valence electrons. The summed E-state index contributed by atoms with van der Waals surface area (Å²) in [6, 6.07) is 3.39. The summed E-state index contributed by atoms with van der Waals surface area (Å²) in [6.07, 6.45) is 4.29. The molecule has 1 aromatic rings.